The number of ether oxygens (including phenoxy) is 2. The molecule has 0 bridgehead atoms. The molecule has 0 aliphatic rings. The molecule has 0 atom stereocenters. The summed E-state index contributed by atoms with van der Waals surface area (Å²) in [6.07, 6.45) is 1.67. The summed E-state index contributed by atoms with van der Waals surface area (Å²) in [5, 5.41) is 20.9. The molecule has 1 heterocycles. The molecule has 33 heavy (non-hydrogen) atoms. The lowest BCUT2D eigenvalue weighted by molar-refractivity contribution is 0.284. The van der Waals surface area contributed by atoms with Crippen LogP contribution in [0, 0.1) is 16.1 Å². The fourth-order valence-electron chi connectivity index (χ4n) is 3.13. The Morgan fingerprint density at radius 2 is 1.91 bits per heavy atom. The number of nitrogens with zero attached hydrogens (tertiary/aromatic N) is 4. The van der Waals surface area contributed by atoms with Crippen LogP contribution >= 0.6 is 28.1 Å². The Hall–Kier alpha value is -3.74. The molecule has 0 spiro atoms. The molecule has 0 saturated heterocycles. The summed E-state index contributed by atoms with van der Waals surface area (Å²) in [5.41, 5.74) is 3.02. The largest absolute Gasteiger partial charge is 0.493 e. The van der Waals surface area contributed by atoms with Crippen LogP contribution in [0.1, 0.15) is 16.7 Å². The van der Waals surface area contributed by atoms with E-state index in [1.165, 1.54) is 0 Å². The molecule has 1 N–H and O–H groups in total. The minimum absolute atomic E-state index is 0.241. The standard InChI is InChI=1S/C24H18BrN5O2S/c1-31-21-11-19(14-27-30-23(28-29-24(30)33)16-7-3-2-4-8-16)20(25)12-22(21)32-15-18-10-6-5-9-17(18)13-26/h2-12,14H,15H2,1H3,(H,29,33)/b27-14+. The van der Waals surface area contributed by atoms with Crippen molar-refractivity contribution >= 4 is 34.4 Å². The number of halogens is 1. The number of methoxy groups -OCH3 is 1. The molecule has 3 aromatic carbocycles. The Balaban J connectivity index is 1.61. The predicted octanol–water partition coefficient (Wildman–Crippen LogP) is 5.71. The molecular weight excluding hydrogens is 502 g/mol. The maximum absolute atomic E-state index is 9.28. The quantitative estimate of drug-likeness (QED) is 0.249. The lowest BCUT2D eigenvalue weighted by Crippen LogP contribution is -2.01. The molecule has 0 unspecified atom stereocenters. The Labute approximate surface area is 204 Å². The monoisotopic (exact) mass is 519 g/mol. The lowest BCUT2D eigenvalue weighted by Gasteiger charge is -2.13. The summed E-state index contributed by atoms with van der Waals surface area (Å²) in [6.45, 7) is 0.241. The van der Waals surface area contributed by atoms with Crippen molar-refractivity contribution in [2.24, 2.45) is 5.10 Å². The highest BCUT2D eigenvalue weighted by molar-refractivity contribution is 9.10. The van der Waals surface area contributed by atoms with Crippen LogP contribution < -0.4 is 9.47 Å². The van der Waals surface area contributed by atoms with Gasteiger partial charge in [0.2, 0.25) is 4.77 Å². The minimum Gasteiger partial charge on any atom is -0.493 e. The van der Waals surface area contributed by atoms with Crippen LogP contribution in [0.25, 0.3) is 11.4 Å². The number of nitriles is 1. The molecule has 4 aromatic rings. The predicted molar refractivity (Wildman–Crippen MR) is 132 cm³/mol. The van der Waals surface area contributed by atoms with Gasteiger partial charge in [-0.05, 0) is 46.3 Å². The molecule has 0 aliphatic heterocycles. The van der Waals surface area contributed by atoms with Gasteiger partial charge in [0.25, 0.3) is 0 Å². The van der Waals surface area contributed by atoms with Crippen molar-refractivity contribution in [3.05, 3.63) is 92.7 Å². The van der Waals surface area contributed by atoms with E-state index < -0.39 is 0 Å². The van der Waals surface area contributed by atoms with E-state index in [1.807, 2.05) is 60.7 Å². The first-order valence-corrected chi connectivity index (χ1v) is 11.1. The number of benzene rings is 3. The highest BCUT2D eigenvalue weighted by Gasteiger charge is 2.12. The Morgan fingerprint density at radius 1 is 1.15 bits per heavy atom. The van der Waals surface area contributed by atoms with Crippen LogP contribution in [0.15, 0.2) is 76.3 Å². The SMILES string of the molecule is COc1cc(/C=N/n2c(-c3ccccc3)n[nH]c2=S)c(Br)cc1OCc1ccccc1C#N. The van der Waals surface area contributed by atoms with Gasteiger partial charge < -0.3 is 9.47 Å². The Bertz CT molecular complexity index is 1410. The van der Waals surface area contributed by atoms with E-state index in [1.54, 1.807) is 24.1 Å². The van der Waals surface area contributed by atoms with Crippen molar-refractivity contribution in [3.8, 4) is 29.0 Å². The number of hydrogen-bond acceptors (Lipinski definition) is 6. The summed E-state index contributed by atoms with van der Waals surface area (Å²) in [5.74, 6) is 1.68. The summed E-state index contributed by atoms with van der Waals surface area (Å²) in [4.78, 5) is 0. The molecule has 164 valence electrons. The van der Waals surface area contributed by atoms with Gasteiger partial charge in [-0.2, -0.15) is 20.1 Å². The minimum atomic E-state index is 0.241. The highest BCUT2D eigenvalue weighted by Crippen LogP contribution is 2.33. The molecule has 4 rings (SSSR count). The molecule has 0 radical (unpaired) electrons. The van der Waals surface area contributed by atoms with Crippen molar-refractivity contribution < 1.29 is 9.47 Å². The maximum atomic E-state index is 9.28. The summed E-state index contributed by atoms with van der Waals surface area (Å²) in [6, 6.07) is 22.8. The van der Waals surface area contributed by atoms with Gasteiger partial charge in [-0.25, -0.2) is 5.10 Å². The van der Waals surface area contributed by atoms with E-state index in [0.29, 0.717) is 27.7 Å². The average molecular weight is 520 g/mol. The van der Waals surface area contributed by atoms with Gasteiger partial charge in [0.1, 0.15) is 6.61 Å². The first kappa shape index (κ1) is 22.5. The van der Waals surface area contributed by atoms with Crippen molar-refractivity contribution in [1.29, 1.82) is 5.26 Å². The van der Waals surface area contributed by atoms with E-state index in [9.17, 15) is 5.26 Å². The normalized spacial score (nSPS) is 10.8. The second-order valence-electron chi connectivity index (χ2n) is 6.86. The van der Waals surface area contributed by atoms with E-state index in [2.05, 4.69) is 37.3 Å². The second kappa shape index (κ2) is 10.3. The van der Waals surface area contributed by atoms with E-state index in [4.69, 9.17) is 21.7 Å². The fraction of sp³-hybridized carbons (Fsp3) is 0.0833. The van der Waals surface area contributed by atoms with Gasteiger partial charge in [0.15, 0.2) is 17.3 Å². The molecule has 7 nitrogen and oxygen atoms in total. The number of nitrogens with one attached hydrogen (secondary N) is 1. The van der Waals surface area contributed by atoms with Crippen molar-refractivity contribution in [2.45, 2.75) is 6.61 Å². The zero-order chi connectivity index (χ0) is 23.2. The number of H-pyrrole nitrogens is 1. The van der Waals surface area contributed by atoms with Gasteiger partial charge in [-0.1, -0.05) is 48.5 Å². The lowest BCUT2D eigenvalue weighted by atomic mass is 10.1. The fourth-order valence-corrected chi connectivity index (χ4v) is 3.73. The number of hydrogen-bond donors (Lipinski definition) is 1. The third-order valence-electron chi connectivity index (χ3n) is 4.80. The van der Waals surface area contributed by atoms with Crippen molar-refractivity contribution in [2.75, 3.05) is 7.11 Å². The third-order valence-corrected chi connectivity index (χ3v) is 5.75. The van der Waals surface area contributed by atoms with Crippen molar-refractivity contribution in [1.82, 2.24) is 14.9 Å². The second-order valence-corrected chi connectivity index (χ2v) is 8.10. The Kier molecular flexibility index (Phi) is 6.98. The van der Waals surface area contributed by atoms with E-state index >= 15 is 0 Å². The highest BCUT2D eigenvalue weighted by atomic mass is 79.9. The average Bonchev–Trinajstić information content (AvgIpc) is 3.22. The van der Waals surface area contributed by atoms with Crippen LogP contribution in [0.4, 0.5) is 0 Å². The summed E-state index contributed by atoms with van der Waals surface area (Å²) >= 11 is 8.92. The number of aromatic nitrogens is 3. The third kappa shape index (κ3) is 5.03. The number of rotatable bonds is 7. The Morgan fingerprint density at radius 3 is 2.67 bits per heavy atom. The van der Waals surface area contributed by atoms with Crippen LogP contribution in [-0.2, 0) is 6.61 Å². The van der Waals surface area contributed by atoms with Crippen LogP contribution in [0.2, 0.25) is 0 Å². The smallest absolute Gasteiger partial charge is 0.216 e. The maximum Gasteiger partial charge on any atom is 0.216 e. The van der Waals surface area contributed by atoms with E-state index in [0.717, 1.165) is 21.2 Å². The first-order chi connectivity index (χ1) is 16.1. The van der Waals surface area contributed by atoms with Crippen LogP contribution in [0.3, 0.4) is 0 Å². The molecule has 1 aromatic heterocycles. The van der Waals surface area contributed by atoms with Crippen LogP contribution in [-0.4, -0.2) is 28.2 Å². The van der Waals surface area contributed by atoms with Gasteiger partial charge in [0.05, 0.1) is 25.0 Å². The topological polar surface area (TPSA) is 88.2 Å². The summed E-state index contributed by atoms with van der Waals surface area (Å²) < 4.78 is 14.2. The van der Waals surface area contributed by atoms with Gasteiger partial charge >= 0.3 is 0 Å². The first-order valence-electron chi connectivity index (χ1n) is 9.86. The zero-order valence-electron chi connectivity index (χ0n) is 17.5. The van der Waals surface area contributed by atoms with Crippen molar-refractivity contribution in [3.63, 3.8) is 0 Å². The molecule has 0 fully saturated rings. The number of aromatic amines is 1. The van der Waals surface area contributed by atoms with Gasteiger partial charge in [0, 0.05) is 21.2 Å². The zero-order valence-corrected chi connectivity index (χ0v) is 19.9. The van der Waals surface area contributed by atoms with E-state index in [-0.39, 0.29) is 6.61 Å². The van der Waals surface area contributed by atoms with Gasteiger partial charge in [-0.15, -0.1) is 0 Å². The summed E-state index contributed by atoms with van der Waals surface area (Å²) in [7, 11) is 1.57. The molecule has 0 aliphatic carbocycles. The molecular formula is C24H18BrN5O2S. The molecule has 0 amide bonds. The van der Waals surface area contributed by atoms with Gasteiger partial charge in [-0.3, -0.25) is 0 Å². The van der Waals surface area contributed by atoms with Crippen LogP contribution in [0.5, 0.6) is 11.5 Å². The molecule has 9 heteroatoms. The molecule has 0 saturated carbocycles.